The van der Waals surface area contributed by atoms with Crippen molar-refractivity contribution in [1.82, 2.24) is 16.0 Å². The molecular weight excluding hydrogens is 308 g/mol. The second-order valence-electron chi connectivity index (χ2n) is 5.38. The molecule has 132 valence electrons. The number of rotatable bonds is 9. The van der Waals surface area contributed by atoms with Crippen LogP contribution in [0.1, 0.15) is 20.8 Å². The lowest BCUT2D eigenvalue weighted by Crippen LogP contribution is -2.55. The SMILES string of the molecule is CC(N)C(=O)NCC(=O)NC(CO)C(=O)NC(C(=O)O)C(C)C. The summed E-state index contributed by atoms with van der Waals surface area (Å²) in [5.74, 6) is -3.70. The Morgan fingerprint density at radius 1 is 1.04 bits per heavy atom. The summed E-state index contributed by atoms with van der Waals surface area (Å²) in [7, 11) is 0. The lowest BCUT2D eigenvalue weighted by Gasteiger charge is -2.22. The highest BCUT2D eigenvalue weighted by Gasteiger charge is 2.28. The highest BCUT2D eigenvalue weighted by molar-refractivity contribution is 5.92. The Balaban J connectivity index is 4.58. The molecule has 0 spiro atoms. The number of aliphatic hydroxyl groups excluding tert-OH is 1. The quantitative estimate of drug-likeness (QED) is 0.264. The zero-order valence-electron chi connectivity index (χ0n) is 13.3. The molecule has 0 aromatic heterocycles. The Morgan fingerprint density at radius 3 is 2.00 bits per heavy atom. The summed E-state index contributed by atoms with van der Waals surface area (Å²) in [5.41, 5.74) is 5.31. The summed E-state index contributed by atoms with van der Waals surface area (Å²) in [6, 6.07) is -3.26. The molecule has 0 saturated carbocycles. The normalized spacial score (nSPS) is 14.5. The number of amides is 3. The Bertz CT molecular complexity index is 452. The molecule has 0 radical (unpaired) electrons. The molecule has 3 atom stereocenters. The van der Waals surface area contributed by atoms with Crippen molar-refractivity contribution < 1.29 is 29.4 Å². The van der Waals surface area contributed by atoms with Crippen molar-refractivity contribution in [3.05, 3.63) is 0 Å². The van der Waals surface area contributed by atoms with Crippen LogP contribution in [0.4, 0.5) is 0 Å². The fourth-order valence-electron chi connectivity index (χ4n) is 1.54. The molecule has 0 rings (SSSR count). The van der Waals surface area contributed by atoms with E-state index in [2.05, 4.69) is 16.0 Å². The third-order valence-corrected chi connectivity index (χ3v) is 2.90. The van der Waals surface area contributed by atoms with Crippen LogP contribution in [0.25, 0.3) is 0 Å². The number of aliphatic hydroxyl groups is 1. The van der Waals surface area contributed by atoms with E-state index in [1.807, 2.05) is 0 Å². The van der Waals surface area contributed by atoms with Gasteiger partial charge in [-0.15, -0.1) is 0 Å². The first-order valence-electron chi connectivity index (χ1n) is 7.06. The van der Waals surface area contributed by atoms with Gasteiger partial charge in [-0.1, -0.05) is 13.8 Å². The smallest absolute Gasteiger partial charge is 0.326 e. The molecule has 7 N–H and O–H groups in total. The van der Waals surface area contributed by atoms with E-state index in [9.17, 15) is 24.3 Å². The molecule has 0 bridgehead atoms. The number of hydrogen-bond acceptors (Lipinski definition) is 6. The maximum atomic E-state index is 11.9. The fraction of sp³-hybridized carbons (Fsp3) is 0.692. The summed E-state index contributed by atoms with van der Waals surface area (Å²) in [5, 5.41) is 24.8. The minimum absolute atomic E-state index is 0.378. The van der Waals surface area contributed by atoms with E-state index < -0.39 is 55.0 Å². The summed E-state index contributed by atoms with van der Waals surface area (Å²) < 4.78 is 0. The van der Waals surface area contributed by atoms with Crippen molar-refractivity contribution in [1.29, 1.82) is 0 Å². The zero-order chi connectivity index (χ0) is 18.2. The topological polar surface area (TPSA) is 171 Å². The van der Waals surface area contributed by atoms with E-state index in [1.165, 1.54) is 6.92 Å². The van der Waals surface area contributed by atoms with Gasteiger partial charge in [0.15, 0.2) is 0 Å². The van der Waals surface area contributed by atoms with E-state index in [4.69, 9.17) is 10.8 Å². The van der Waals surface area contributed by atoms with Gasteiger partial charge in [0.1, 0.15) is 12.1 Å². The second kappa shape index (κ2) is 9.74. The summed E-state index contributed by atoms with van der Waals surface area (Å²) >= 11 is 0. The van der Waals surface area contributed by atoms with Gasteiger partial charge in [-0.3, -0.25) is 14.4 Å². The lowest BCUT2D eigenvalue weighted by atomic mass is 10.0. The van der Waals surface area contributed by atoms with Crippen molar-refractivity contribution in [2.75, 3.05) is 13.2 Å². The van der Waals surface area contributed by atoms with Gasteiger partial charge >= 0.3 is 5.97 Å². The van der Waals surface area contributed by atoms with Crippen molar-refractivity contribution in [2.24, 2.45) is 11.7 Å². The Morgan fingerprint density at radius 2 is 1.61 bits per heavy atom. The number of carboxylic acid groups (broad SMARTS) is 1. The number of nitrogens with one attached hydrogen (secondary N) is 3. The van der Waals surface area contributed by atoms with E-state index >= 15 is 0 Å². The minimum Gasteiger partial charge on any atom is -0.480 e. The van der Waals surface area contributed by atoms with E-state index in [-0.39, 0.29) is 5.92 Å². The monoisotopic (exact) mass is 332 g/mol. The largest absolute Gasteiger partial charge is 0.480 e. The van der Waals surface area contributed by atoms with Crippen molar-refractivity contribution in [3.63, 3.8) is 0 Å². The average molecular weight is 332 g/mol. The first-order valence-corrected chi connectivity index (χ1v) is 7.06. The fourth-order valence-corrected chi connectivity index (χ4v) is 1.54. The van der Waals surface area contributed by atoms with Gasteiger partial charge in [-0.05, 0) is 12.8 Å². The van der Waals surface area contributed by atoms with Crippen LogP contribution < -0.4 is 21.7 Å². The third-order valence-electron chi connectivity index (χ3n) is 2.90. The molecule has 0 aliphatic rings. The summed E-state index contributed by atoms with van der Waals surface area (Å²) in [4.78, 5) is 45.8. The van der Waals surface area contributed by atoms with Crippen molar-refractivity contribution in [3.8, 4) is 0 Å². The van der Waals surface area contributed by atoms with Crippen LogP contribution in [0.3, 0.4) is 0 Å². The zero-order valence-corrected chi connectivity index (χ0v) is 13.3. The summed E-state index contributed by atoms with van der Waals surface area (Å²) in [6.45, 7) is 3.51. The molecule has 10 heteroatoms. The molecule has 0 saturated heterocycles. The maximum Gasteiger partial charge on any atom is 0.326 e. The van der Waals surface area contributed by atoms with Crippen LogP contribution >= 0.6 is 0 Å². The van der Waals surface area contributed by atoms with Gasteiger partial charge in [0.2, 0.25) is 17.7 Å². The predicted octanol–water partition coefficient (Wildman–Crippen LogP) is -2.85. The Labute approximate surface area is 133 Å². The van der Waals surface area contributed by atoms with E-state index in [0.29, 0.717) is 0 Å². The lowest BCUT2D eigenvalue weighted by molar-refractivity contribution is -0.143. The van der Waals surface area contributed by atoms with Crippen LogP contribution in [0.5, 0.6) is 0 Å². The van der Waals surface area contributed by atoms with Crippen LogP contribution in [-0.4, -0.2) is 65.2 Å². The Kier molecular flexibility index (Phi) is 8.81. The number of aliphatic carboxylic acids is 1. The van der Waals surface area contributed by atoms with Crippen molar-refractivity contribution in [2.45, 2.75) is 38.9 Å². The molecular formula is C13H24N4O6. The van der Waals surface area contributed by atoms with Crippen LogP contribution in [-0.2, 0) is 19.2 Å². The summed E-state index contributed by atoms with van der Waals surface area (Å²) in [6.07, 6.45) is 0. The first kappa shape index (κ1) is 20.8. The maximum absolute atomic E-state index is 11.9. The predicted molar refractivity (Wildman–Crippen MR) is 80.1 cm³/mol. The molecule has 0 fully saturated rings. The molecule has 0 aromatic rings. The molecule has 3 unspecified atom stereocenters. The standard InChI is InChI=1S/C13H24N4O6/c1-6(2)10(13(22)23)17-12(21)8(5-18)16-9(19)4-15-11(20)7(3)14/h6-8,10,18H,4-5,14H2,1-3H3,(H,15,20)(H,16,19)(H,17,21)(H,22,23). The minimum atomic E-state index is -1.32. The highest BCUT2D eigenvalue weighted by atomic mass is 16.4. The van der Waals surface area contributed by atoms with Crippen molar-refractivity contribution >= 4 is 23.7 Å². The van der Waals surface area contributed by atoms with Gasteiger partial charge in [0, 0.05) is 0 Å². The van der Waals surface area contributed by atoms with Gasteiger partial charge in [-0.25, -0.2) is 4.79 Å². The third kappa shape index (κ3) is 7.56. The average Bonchev–Trinajstić information content (AvgIpc) is 2.46. The molecule has 0 aromatic carbocycles. The highest BCUT2D eigenvalue weighted by Crippen LogP contribution is 2.02. The van der Waals surface area contributed by atoms with Gasteiger partial charge in [-0.2, -0.15) is 0 Å². The number of carbonyl (C=O) groups is 4. The van der Waals surface area contributed by atoms with E-state index in [0.717, 1.165) is 0 Å². The number of nitrogens with two attached hydrogens (primary N) is 1. The van der Waals surface area contributed by atoms with Gasteiger partial charge < -0.3 is 31.9 Å². The van der Waals surface area contributed by atoms with Crippen LogP contribution in [0.15, 0.2) is 0 Å². The first-order chi connectivity index (χ1) is 10.6. The number of carboxylic acids is 1. The molecule has 10 nitrogen and oxygen atoms in total. The van der Waals surface area contributed by atoms with Gasteiger partial charge in [0.05, 0.1) is 19.2 Å². The number of hydrogen-bond donors (Lipinski definition) is 6. The molecule has 23 heavy (non-hydrogen) atoms. The second-order valence-corrected chi connectivity index (χ2v) is 5.38. The molecule has 3 amide bonds. The van der Waals surface area contributed by atoms with Crippen LogP contribution in [0, 0.1) is 5.92 Å². The Hall–Kier alpha value is -2.20. The van der Waals surface area contributed by atoms with Gasteiger partial charge in [0.25, 0.3) is 0 Å². The molecule has 0 aliphatic heterocycles. The van der Waals surface area contributed by atoms with E-state index in [1.54, 1.807) is 13.8 Å². The van der Waals surface area contributed by atoms with Crippen LogP contribution in [0.2, 0.25) is 0 Å². The molecule has 0 heterocycles. The number of carbonyl (C=O) groups excluding carboxylic acids is 3. The molecule has 0 aliphatic carbocycles.